The minimum absolute atomic E-state index is 0.795. The van der Waals surface area contributed by atoms with E-state index in [1.807, 2.05) is 11.8 Å². The van der Waals surface area contributed by atoms with E-state index in [1.165, 1.54) is 11.1 Å². The summed E-state index contributed by atoms with van der Waals surface area (Å²) in [5.41, 5.74) is 2.39. The van der Waals surface area contributed by atoms with Gasteiger partial charge in [-0.2, -0.15) is 11.8 Å². The van der Waals surface area contributed by atoms with Gasteiger partial charge in [0.25, 0.3) is 0 Å². The summed E-state index contributed by atoms with van der Waals surface area (Å²) in [5.74, 6) is 2.18. The molecule has 0 spiro atoms. The van der Waals surface area contributed by atoms with Crippen molar-refractivity contribution in [3.05, 3.63) is 27.7 Å². The molecule has 90 valence electrons. The molecule has 0 aromatic heterocycles. The number of halogens is 2. The maximum Gasteiger partial charge on any atom is 0.126 e. The maximum atomic E-state index is 5.85. The lowest BCUT2D eigenvalue weighted by Gasteiger charge is -2.13. The zero-order valence-corrected chi connectivity index (χ0v) is 13.5. The van der Waals surface area contributed by atoms with E-state index in [0.29, 0.717) is 0 Å². The van der Waals surface area contributed by atoms with Gasteiger partial charge in [0.05, 0.1) is 6.61 Å². The molecule has 0 aliphatic heterocycles. The van der Waals surface area contributed by atoms with Crippen molar-refractivity contribution in [2.45, 2.75) is 18.7 Å². The summed E-state index contributed by atoms with van der Waals surface area (Å²) in [4.78, 5) is 0. The van der Waals surface area contributed by atoms with E-state index in [1.54, 1.807) is 0 Å². The Morgan fingerprint density at radius 1 is 1.38 bits per heavy atom. The van der Waals surface area contributed by atoms with Gasteiger partial charge in [-0.3, -0.25) is 0 Å². The van der Waals surface area contributed by atoms with Gasteiger partial charge in [0.1, 0.15) is 5.75 Å². The summed E-state index contributed by atoms with van der Waals surface area (Å²) in [7, 11) is 0. The topological polar surface area (TPSA) is 9.23 Å². The van der Waals surface area contributed by atoms with Crippen LogP contribution in [0.3, 0.4) is 0 Å². The van der Waals surface area contributed by atoms with Gasteiger partial charge in [0.15, 0.2) is 0 Å². The molecule has 1 aromatic rings. The Labute approximate surface area is 119 Å². The van der Waals surface area contributed by atoms with Crippen LogP contribution in [0.25, 0.3) is 0 Å². The van der Waals surface area contributed by atoms with E-state index in [4.69, 9.17) is 4.74 Å². The second-order valence-corrected chi connectivity index (χ2v) is 6.00. The van der Waals surface area contributed by atoms with E-state index >= 15 is 0 Å². The van der Waals surface area contributed by atoms with Crippen molar-refractivity contribution < 1.29 is 4.74 Å². The molecule has 0 atom stereocenters. The summed E-state index contributed by atoms with van der Waals surface area (Å²) < 4.78 is 6.96. The minimum atomic E-state index is 0.795. The monoisotopic (exact) mass is 366 g/mol. The second-order valence-electron chi connectivity index (χ2n) is 3.54. The van der Waals surface area contributed by atoms with Crippen LogP contribution in [0, 0.1) is 6.92 Å². The number of aryl methyl sites for hydroxylation is 1. The zero-order valence-electron chi connectivity index (χ0n) is 9.56. The number of hydrogen-bond donors (Lipinski definition) is 0. The van der Waals surface area contributed by atoms with Gasteiger partial charge in [0, 0.05) is 15.4 Å². The Hall–Kier alpha value is 0.330. The van der Waals surface area contributed by atoms with Crippen molar-refractivity contribution in [3.63, 3.8) is 0 Å². The van der Waals surface area contributed by atoms with E-state index in [9.17, 15) is 0 Å². The van der Waals surface area contributed by atoms with Crippen LogP contribution >= 0.6 is 43.6 Å². The number of thioether (sulfide) groups is 1. The largest absolute Gasteiger partial charge is 0.493 e. The highest BCUT2D eigenvalue weighted by molar-refractivity contribution is 9.10. The maximum absolute atomic E-state index is 5.85. The van der Waals surface area contributed by atoms with Crippen LogP contribution < -0.4 is 4.74 Å². The standard InChI is InChI=1S/C12H16Br2OS/c1-9-6-11(14)7-10(8-13)12(9)15-4-3-5-16-2/h6-7H,3-5,8H2,1-2H3. The first-order chi connectivity index (χ1) is 7.69. The molecule has 16 heavy (non-hydrogen) atoms. The van der Waals surface area contributed by atoms with Gasteiger partial charge in [-0.05, 0) is 43.0 Å². The number of benzene rings is 1. The van der Waals surface area contributed by atoms with Crippen molar-refractivity contribution in [3.8, 4) is 5.75 Å². The fraction of sp³-hybridized carbons (Fsp3) is 0.500. The van der Waals surface area contributed by atoms with Crippen molar-refractivity contribution in [2.75, 3.05) is 18.6 Å². The second kappa shape index (κ2) is 7.62. The lowest BCUT2D eigenvalue weighted by molar-refractivity contribution is 0.314. The lowest BCUT2D eigenvalue weighted by atomic mass is 10.1. The average Bonchev–Trinajstić information content (AvgIpc) is 2.26. The van der Waals surface area contributed by atoms with Crippen molar-refractivity contribution >= 4 is 43.6 Å². The fourth-order valence-electron chi connectivity index (χ4n) is 1.48. The first-order valence-electron chi connectivity index (χ1n) is 5.15. The van der Waals surface area contributed by atoms with Crippen LogP contribution in [-0.2, 0) is 5.33 Å². The molecule has 0 aliphatic rings. The summed E-state index contributed by atoms with van der Waals surface area (Å²) in [6.45, 7) is 2.88. The molecule has 0 heterocycles. The van der Waals surface area contributed by atoms with Crippen LogP contribution in [0.5, 0.6) is 5.75 Å². The van der Waals surface area contributed by atoms with Gasteiger partial charge in [0.2, 0.25) is 0 Å². The van der Waals surface area contributed by atoms with Crippen LogP contribution in [-0.4, -0.2) is 18.6 Å². The normalized spacial score (nSPS) is 10.5. The molecule has 0 bridgehead atoms. The summed E-state index contributed by atoms with van der Waals surface area (Å²) in [5, 5.41) is 0.825. The van der Waals surface area contributed by atoms with Crippen molar-refractivity contribution in [1.29, 1.82) is 0 Å². The molecule has 0 N–H and O–H groups in total. The lowest BCUT2D eigenvalue weighted by Crippen LogP contribution is -2.02. The van der Waals surface area contributed by atoms with Gasteiger partial charge < -0.3 is 4.74 Å². The quantitative estimate of drug-likeness (QED) is 0.528. The van der Waals surface area contributed by atoms with Crippen LogP contribution in [0.15, 0.2) is 16.6 Å². The molecular formula is C12H16Br2OS. The van der Waals surface area contributed by atoms with Crippen LogP contribution in [0.2, 0.25) is 0 Å². The Kier molecular flexibility index (Phi) is 6.85. The predicted octanol–water partition coefficient (Wildman–Crippen LogP) is 4.78. The van der Waals surface area contributed by atoms with Crippen LogP contribution in [0.1, 0.15) is 17.5 Å². The molecule has 0 saturated carbocycles. The van der Waals surface area contributed by atoms with E-state index in [2.05, 4.69) is 57.2 Å². The number of alkyl halides is 1. The van der Waals surface area contributed by atoms with Crippen LogP contribution in [0.4, 0.5) is 0 Å². The Bertz CT molecular complexity index is 342. The summed E-state index contributed by atoms with van der Waals surface area (Å²) in [6, 6.07) is 4.20. The third kappa shape index (κ3) is 4.30. The molecule has 0 radical (unpaired) electrons. The first-order valence-corrected chi connectivity index (χ1v) is 8.46. The highest BCUT2D eigenvalue weighted by Crippen LogP contribution is 2.29. The van der Waals surface area contributed by atoms with Gasteiger partial charge in [-0.1, -0.05) is 31.9 Å². The average molecular weight is 368 g/mol. The molecule has 0 amide bonds. The van der Waals surface area contributed by atoms with Crippen molar-refractivity contribution in [1.82, 2.24) is 0 Å². The summed E-state index contributed by atoms with van der Waals surface area (Å²) in [6.07, 6.45) is 3.22. The Morgan fingerprint density at radius 3 is 2.75 bits per heavy atom. The zero-order chi connectivity index (χ0) is 12.0. The number of hydrogen-bond acceptors (Lipinski definition) is 2. The SMILES string of the molecule is CSCCCOc1c(C)cc(Br)cc1CBr. The van der Waals surface area contributed by atoms with Gasteiger partial charge >= 0.3 is 0 Å². The molecule has 0 unspecified atom stereocenters. The number of rotatable bonds is 6. The Balaban J connectivity index is 2.70. The fourth-order valence-corrected chi connectivity index (χ4v) is 2.93. The molecule has 1 aromatic carbocycles. The predicted molar refractivity (Wildman–Crippen MR) is 80.0 cm³/mol. The molecule has 1 nitrogen and oxygen atoms in total. The van der Waals surface area contributed by atoms with E-state index in [0.717, 1.165) is 34.3 Å². The smallest absolute Gasteiger partial charge is 0.126 e. The Morgan fingerprint density at radius 2 is 2.12 bits per heavy atom. The summed E-state index contributed by atoms with van der Waals surface area (Å²) >= 11 is 8.85. The van der Waals surface area contributed by atoms with Gasteiger partial charge in [-0.25, -0.2) is 0 Å². The molecular weight excluding hydrogens is 352 g/mol. The molecule has 0 fully saturated rings. The first kappa shape index (κ1) is 14.4. The molecule has 1 rings (SSSR count). The molecule has 0 aliphatic carbocycles. The van der Waals surface area contributed by atoms with Gasteiger partial charge in [-0.15, -0.1) is 0 Å². The minimum Gasteiger partial charge on any atom is -0.493 e. The highest BCUT2D eigenvalue weighted by Gasteiger charge is 2.07. The van der Waals surface area contributed by atoms with E-state index < -0.39 is 0 Å². The number of ether oxygens (including phenoxy) is 1. The molecule has 4 heteroatoms. The third-order valence-corrected chi connectivity index (χ3v) is 3.96. The third-order valence-electron chi connectivity index (χ3n) is 2.20. The highest BCUT2D eigenvalue weighted by atomic mass is 79.9. The molecule has 0 saturated heterocycles. The van der Waals surface area contributed by atoms with E-state index in [-0.39, 0.29) is 0 Å². The van der Waals surface area contributed by atoms with Crippen molar-refractivity contribution in [2.24, 2.45) is 0 Å².